The van der Waals surface area contributed by atoms with Crippen molar-refractivity contribution in [3.8, 4) is 11.3 Å². The zero-order chi connectivity index (χ0) is 11.7. The summed E-state index contributed by atoms with van der Waals surface area (Å²) in [7, 11) is 1.87. The van der Waals surface area contributed by atoms with Crippen LogP contribution in [0.3, 0.4) is 0 Å². The van der Waals surface area contributed by atoms with Gasteiger partial charge in [-0.2, -0.15) is 0 Å². The molecule has 0 saturated carbocycles. The highest BCUT2D eigenvalue weighted by atomic mass is 35.5. The van der Waals surface area contributed by atoms with Crippen molar-refractivity contribution in [2.45, 2.75) is 13.5 Å². The largest absolute Gasteiger partial charge is 0.324 e. The van der Waals surface area contributed by atoms with E-state index in [1.807, 2.05) is 35.9 Å². The van der Waals surface area contributed by atoms with Crippen LogP contribution < -0.4 is 5.73 Å². The summed E-state index contributed by atoms with van der Waals surface area (Å²) < 4.78 is 1.82. The highest BCUT2D eigenvalue weighted by Gasteiger charge is 2.12. The molecule has 1 aromatic heterocycles. The van der Waals surface area contributed by atoms with Gasteiger partial charge < -0.3 is 10.3 Å². The summed E-state index contributed by atoms with van der Waals surface area (Å²) in [6.45, 7) is 2.44. The van der Waals surface area contributed by atoms with Crippen molar-refractivity contribution < 1.29 is 0 Å². The first kappa shape index (κ1) is 11.2. The van der Waals surface area contributed by atoms with Gasteiger partial charge in [-0.15, -0.1) is 0 Å². The average Bonchev–Trinajstić information content (AvgIpc) is 2.57. The molecule has 0 aliphatic rings. The molecule has 1 aromatic carbocycles. The van der Waals surface area contributed by atoms with Gasteiger partial charge in [0.05, 0.1) is 6.54 Å². The van der Waals surface area contributed by atoms with Crippen LogP contribution in [0, 0.1) is 6.92 Å². The molecule has 0 aliphatic carbocycles. The Bertz CT molecular complexity index is 500. The first-order valence-corrected chi connectivity index (χ1v) is 5.49. The van der Waals surface area contributed by atoms with E-state index in [0.29, 0.717) is 11.7 Å². The number of aryl methyl sites for hydroxylation is 1. The highest BCUT2D eigenvalue weighted by Crippen LogP contribution is 2.27. The Labute approximate surface area is 99.9 Å². The first-order chi connectivity index (χ1) is 7.63. The molecule has 0 atom stereocenters. The predicted octanol–water partition coefficient (Wildman–Crippen LogP) is 2.51. The molecule has 16 heavy (non-hydrogen) atoms. The Kier molecular flexibility index (Phi) is 2.99. The van der Waals surface area contributed by atoms with Crippen molar-refractivity contribution >= 4 is 11.6 Å². The van der Waals surface area contributed by atoms with E-state index in [1.54, 1.807) is 0 Å². The molecular formula is C12H14ClN3. The third-order valence-electron chi connectivity index (χ3n) is 2.63. The third kappa shape index (κ3) is 1.84. The number of halogens is 1. The summed E-state index contributed by atoms with van der Waals surface area (Å²) in [6.07, 6.45) is 0. The summed E-state index contributed by atoms with van der Waals surface area (Å²) in [4.78, 5) is 4.43. The van der Waals surface area contributed by atoms with Crippen LogP contribution in [-0.2, 0) is 13.6 Å². The van der Waals surface area contributed by atoms with E-state index in [4.69, 9.17) is 17.3 Å². The lowest BCUT2D eigenvalue weighted by Crippen LogP contribution is -2.04. The van der Waals surface area contributed by atoms with Crippen LogP contribution in [0.15, 0.2) is 24.3 Å². The topological polar surface area (TPSA) is 43.8 Å². The standard InChI is InChI=1S/C12H14ClN3/c1-8-3-5-9(6-4-8)11-12(13)16(2)10(7-14)15-11/h3-6H,7,14H2,1-2H3. The number of imidazole rings is 1. The van der Waals surface area contributed by atoms with Crippen LogP contribution in [0.25, 0.3) is 11.3 Å². The molecule has 84 valence electrons. The second kappa shape index (κ2) is 4.28. The van der Waals surface area contributed by atoms with E-state index < -0.39 is 0 Å². The number of hydrogen-bond acceptors (Lipinski definition) is 2. The minimum Gasteiger partial charge on any atom is -0.324 e. The third-order valence-corrected chi connectivity index (χ3v) is 3.06. The van der Waals surface area contributed by atoms with Gasteiger partial charge in [-0.1, -0.05) is 41.4 Å². The van der Waals surface area contributed by atoms with E-state index in [-0.39, 0.29) is 0 Å². The maximum atomic E-state index is 6.21. The maximum Gasteiger partial charge on any atom is 0.136 e. The fourth-order valence-corrected chi connectivity index (χ4v) is 1.85. The molecule has 0 amide bonds. The number of benzene rings is 1. The molecule has 1 heterocycles. The van der Waals surface area contributed by atoms with Crippen molar-refractivity contribution in [1.29, 1.82) is 0 Å². The molecule has 0 bridgehead atoms. The van der Waals surface area contributed by atoms with Gasteiger partial charge in [0, 0.05) is 12.6 Å². The predicted molar refractivity (Wildman–Crippen MR) is 66.3 cm³/mol. The van der Waals surface area contributed by atoms with Gasteiger partial charge in [0.15, 0.2) is 0 Å². The van der Waals surface area contributed by atoms with Crippen molar-refractivity contribution in [2.24, 2.45) is 12.8 Å². The molecule has 2 rings (SSSR count). The second-order valence-electron chi connectivity index (χ2n) is 3.80. The summed E-state index contributed by atoms with van der Waals surface area (Å²) in [5.41, 5.74) is 8.63. The highest BCUT2D eigenvalue weighted by molar-refractivity contribution is 6.32. The zero-order valence-electron chi connectivity index (χ0n) is 9.37. The summed E-state index contributed by atoms with van der Waals surface area (Å²) in [6, 6.07) is 8.12. The van der Waals surface area contributed by atoms with Crippen LogP contribution in [0.4, 0.5) is 0 Å². The molecule has 0 saturated heterocycles. The maximum absolute atomic E-state index is 6.21. The van der Waals surface area contributed by atoms with Gasteiger partial charge in [-0.05, 0) is 6.92 Å². The molecule has 2 N–H and O–H groups in total. The van der Waals surface area contributed by atoms with Gasteiger partial charge >= 0.3 is 0 Å². The van der Waals surface area contributed by atoms with Crippen molar-refractivity contribution in [1.82, 2.24) is 9.55 Å². The van der Waals surface area contributed by atoms with Crippen LogP contribution in [0.2, 0.25) is 5.15 Å². The Morgan fingerprint density at radius 1 is 1.31 bits per heavy atom. The summed E-state index contributed by atoms with van der Waals surface area (Å²) in [5, 5.41) is 0.629. The first-order valence-electron chi connectivity index (χ1n) is 5.11. The smallest absolute Gasteiger partial charge is 0.136 e. The Morgan fingerprint density at radius 2 is 1.94 bits per heavy atom. The lowest BCUT2D eigenvalue weighted by molar-refractivity contribution is 0.794. The molecule has 3 nitrogen and oxygen atoms in total. The Balaban J connectivity index is 2.52. The number of hydrogen-bond donors (Lipinski definition) is 1. The monoisotopic (exact) mass is 235 g/mol. The zero-order valence-corrected chi connectivity index (χ0v) is 10.1. The summed E-state index contributed by atoms with van der Waals surface area (Å²) in [5.74, 6) is 0.792. The molecule has 0 radical (unpaired) electrons. The van der Waals surface area contributed by atoms with E-state index in [0.717, 1.165) is 17.1 Å². The fraction of sp³-hybridized carbons (Fsp3) is 0.250. The van der Waals surface area contributed by atoms with Gasteiger partial charge in [0.25, 0.3) is 0 Å². The minimum atomic E-state index is 0.391. The molecular weight excluding hydrogens is 222 g/mol. The van der Waals surface area contributed by atoms with Gasteiger partial charge in [-0.3, -0.25) is 0 Å². The Morgan fingerprint density at radius 3 is 2.44 bits per heavy atom. The van der Waals surface area contributed by atoms with E-state index >= 15 is 0 Å². The quantitative estimate of drug-likeness (QED) is 0.869. The van der Waals surface area contributed by atoms with E-state index in [2.05, 4.69) is 11.9 Å². The molecule has 0 fully saturated rings. The molecule has 0 spiro atoms. The van der Waals surface area contributed by atoms with Crippen LogP contribution in [-0.4, -0.2) is 9.55 Å². The SMILES string of the molecule is Cc1ccc(-c2nc(CN)n(C)c2Cl)cc1. The number of nitrogens with zero attached hydrogens (tertiary/aromatic N) is 2. The van der Waals surface area contributed by atoms with Crippen LogP contribution in [0.1, 0.15) is 11.4 Å². The average molecular weight is 236 g/mol. The molecule has 0 unspecified atom stereocenters. The number of aromatic nitrogens is 2. The van der Waals surface area contributed by atoms with Crippen LogP contribution >= 0.6 is 11.6 Å². The van der Waals surface area contributed by atoms with Crippen LogP contribution in [0.5, 0.6) is 0 Å². The Hall–Kier alpha value is -1.32. The van der Waals surface area contributed by atoms with E-state index in [1.165, 1.54) is 5.56 Å². The lowest BCUT2D eigenvalue weighted by atomic mass is 10.1. The lowest BCUT2D eigenvalue weighted by Gasteiger charge is -1.99. The van der Waals surface area contributed by atoms with Gasteiger partial charge in [0.2, 0.25) is 0 Å². The van der Waals surface area contributed by atoms with Crippen molar-refractivity contribution in [2.75, 3.05) is 0 Å². The van der Waals surface area contributed by atoms with Gasteiger partial charge in [-0.25, -0.2) is 4.98 Å². The van der Waals surface area contributed by atoms with Gasteiger partial charge in [0.1, 0.15) is 16.7 Å². The van der Waals surface area contributed by atoms with Crippen molar-refractivity contribution in [3.63, 3.8) is 0 Å². The molecule has 0 aliphatic heterocycles. The normalized spacial score (nSPS) is 10.8. The molecule has 2 aromatic rings. The molecule has 4 heteroatoms. The fourth-order valence-electron chi connectivity index (χ4n) is 1.60. The van der Waals surface area contributed by atoms with Crippen molar-refractivity contribution in [3.05, 3.63) is 40.8 Å². The minimum absolute atomic E-state index is 0.391. The van der Waals surface area contributed by atoms with E-state index in [9.17, 15) is 0 Å². The summed E-state index contributed by atoms with van der Waals surface area (Å²) >= 11 is 6.21. The second-order valence-corrected chi connectivity index (χ2v) is 4.15. The number of nitrogens with two attached hydrogens (primary N) is 1. The number of rotatable bonds is 2.